The van der Waals surface area contributed by atoms with Crippen LogP contribution in [-0.4, -0.2) is 0 Å². The van der Waals surface area contributed by atoms with Crippen molar-refractivity contribution in [2.75, 3.05) is 0 Å². The van der Waals surface area contributed by atoms with Crippen LogP contribution in [-0.2, 0) is 0 Å². The van der Waals surface area contributed by atoms with Crippen molar-refractivity contribution in [1.82, 2.24) is 0 Å². The first-order chi connectivity index (χ1) is 18.2. The van der Waals surface area contributed by atoms with Crippen molar-refractivity contribution in [1.29, 1.82) is 0 Å². The molecule has 0 aliphatic rings. The summed E-state index contributed by atoms with van der Waals surface area (Å²) in [4.78, 5) is 0. The van der Waals surface area contributed by atoms with E-state index in [2.05, 4.69) is 141 Å². The van der Waals surface area contributed by atoms with Gasteiger partial charge in [-0.05, 0) is 71.2 Å². The Balaban J connectivity index is 2.21. The fourth-order valence-electron chi connectivity index (χ4n) is 4.67. The number of allylic oxidation sites excluding steroid dienone is 7. The number of halogens is 1. The molecule has 4 aromatic carbocycles. The highest BCUT2D eigenvalue weighted by Crippen LogP contribution is 2.44. The number of hydrogen-bond donors (Lipinski definition) is 0. The molecule has 0 unspecified atom stereocenters. The molecule has 0 fully saturated rings. The highest BCUT2D eigenvalue weighted by Gasteiger charge is 2.21. The Hall–Kier alpha value is -3.87. The van der Waals surface area contributed by atoms with Crippen LogP contribution in [0.25, 0.3) is 22.3 Å². The Kier molecular flexibility index (Phi) is 9.52. The SMILES string of the molecule is C/C=C(\C)C/C(=C(\C(=C(/C/C=C/Cl)c1ccccc1)c1ccccc1)c1ccccc1)c1ccccc1. The van der Waals surface area contributed by atoms with Crippen LogP contribution in [0.2, 0.25) is 0 Å². The van der Waals surface area contributed by atoms with Crippen molar-refractivity contribution in [3.05, 3.63) is 167 Å². The van der Waals surface area contributed by atoms with Gasteiger partial charge in [-0.1, -0.05) is 151 Å². The van der Waals surface area contributed by atoms with Crippen molar-refractivity contribution in [2.24, 2.45) is 0 Å². The van der Waals surface area contributed by atoms with E-state index in [0.29, 0.717) is 0 Å². The molecule has 184 valence electrons. The van der Waals surface area contributed by atoms with E-state index in [1.54, 1.807) is 5.54 Å². The first-order valence-corrected chi connectivity index (χ1v) is 13.2. The summed E-state index contributed by atoms with van der Waals surface area (Å²) < 4.78 is 0. The van der Waals surface area contributed by atoms with Gasteiger partial charge in [0.25, 0.3) is 0 Å². The predicted molar refractivity (Wildman–Crippen MR) is 163 cm³/mol. The molecule has 0 nitrogen and oxygen atoms in total. The smallest absolute Gasteiger partial charge is 0.000580 e. The van der Waals surface area contributed by atoms with Crippen LogP contribution >= 0.6 is 11.6 Å². The van der Waals surface area contributed by atoms with Gasteiger partial charge < -0.3 is 0 Å². The van der Waals surface area contributed by atoms with Crippen LogP contribution < -0.4 is 0 Å². The van der Waals surface area contributed by atoms with Crippen LogP contribution in [0.5, 0.6) is 0 Å². The minimum atomic E-state index is 0.721. The molecule has 0 spiro atoms. The van der Waals surface area contributed by atoms with E-state index in [1.807, 2.05) is 6.08 Å². The summed E-state index contributed by atoms with van der Waals surface area (Å²) in [5.41, 5.74) is 12.8. The largest absolute Gasteiger partial charge is 0.0933 e. The topological polar surface area (TPSA) is 0 Å². The average molecular weight is 501 g/mol. The minimum Gasteiger partial charge on any atom is -0.0933 e. The maximum Gasteiger partial charge on any atom is 0.000580 e. The summed E-state index contributed by atoms with van der Waals surface area (Å²) in [5, 5.41) is 0. The molecule has 0 saturated heterocycles. The first kappa shape index (κ1) is 26.2. The van der Waals surface area contributed by atoms with Crippen molar-refractivity contribution in [3.63, 3.8) is 0 Å². The van der Waals surface area contributed by atoms with Crippen molar-refractivity contribution in [2.45, 2.75) is 26.7 Å². The average Bonchev–Trinajstić information content (AvgIpc) is 2.97. The third kappa shape index (κ3) is 6.67. The monoisotopic (exact) mass is 500 g/mol. The molecule has 37 heavy (non-hydrogen) atoms. The standard InChI is InChI=1S/C36H33Cl/c1-3-28(2)27-34(30-19-10-5-11-20-30)36(32-23-14-7-15-24-32)35(31-21-12-6-13-22-31)33(25-16-26-37)29-17-8-4-9-18-29/h3-24,26H,25,27H2,1-2H3/b26-16+,28-3+,35-33+,36-34+. The lowest BCUT2D eigenvalue weighted by molar-refractivity contribution is 1.21. The van der Waals surface area contributed by atoms with E-state index in [-0.39, 0.29) is 0 Å². The van der Waals surface area contributed by atoms with E-state index in [0.717, 1.165) is 12.8 Å². The summed E-state index contributed by atoms with van der Waals surface area (Å²) in [7, 11) is 0. The fraction of sp³-hybridized carbons (Fsp3) is 0.111. The van der Waals surface area contributed by atoms with Crippen LogP contribution in [0, 0.1) is 0 Å². The summed E-state index contributed by atoms with van der Waals surface area (Å²) >= 11 is 6.10. The molecular formula is C36H33Cl. The Bertz CT molecular complexity index is 1390. The lowest BCUT2D eigenvalue weighted by atomic mass is 9.80. The summed E-state index contributed by atoms with van der Waals surface area (Å²) in [6.45, 7) is 4.33. The molecule has 0 radical (unpaired) electrons. The molecule has 0 bridgehead atoms. The molecule has 0 heterocycles. The highest BCUT2D eigenvalue weighted by molar-refractivity contribution is 6.25. The maximum absolute atomic E-state index is 6.10. The molecule has 1 heteroatoms. The Morgan fingerprint density at radius 3 is 1.35 bits per heavy atom. The minimum absolute atomic E-state index is 0.721. The normalized spacial score (nSPS) is 13.3. The first-order valence-electron chi connectivity index (χ1n) is 12.8. The second-order valence-electron chi connectivity index (χ2n) is 9.05. The second-order valence-corrected chi connectivity index (χ2v) is 9.30. The highest BCUT2D eigenvalue weighted by atomic mass is 35.5. The quantitative estimate of drug-likeness (QED) is 0.122. The van der Waals surface area contributed by atoms with Gasteiger partial charge in [-0.25, -0.2) is 0 Å². The molecule has 0 aliphatic heterocycles. The zero-order valence-corrected chi connectivity index (χ0v) is 22.3. The summed E-state index contributed by atoms with van der Waals surface area (Å²) in [6.07, 6.45) is 5.83. The molecule has 0 atom stereocenters. The number of benzene rings is 4. The van der Waals surface area contributed by atoms with Gasteiger partial charge in [-0.2, -0.15) is 0 Å². The lowest BCUT2D eigenvalue weighted by Gasteiger charge is -2.24. The molecule has 0 saturated carbocycles. The molecule has 4 aromatic rings. The molecule has 4 rings (SSSR count). The fourth-order valence-corrected chi connectivity index (χ4v) is 4.76. The Labute approximate surface area is 227 Å². The summed E-state index contributed by atoms with van der Waals surface area (Å²) in [5.74, 6) is 0. The number of hydrogen-bond acceptors (Lipinski definition) is 0. The molecule has 0 aliphatic carbocycles. The molecule has 0 amide bonds. The van der Waals surface area contributed by atoms with Crippen molar-refractivity contribution < 1.29 is 0 Å². The lowest BCUT2D eigenvalue weighted by Crippen LogP contribution is -2.01. The van der Waals surface area contributed by atoms with E-state index in [4.69, 9.17) is 11.6 Å². The van der Waals surface area contributed by atoms with Gasteiger partial charge in [0.15, 0.2) is 0 Å². The molecule has 0 aromatic heterocycles. The van der Waals surface area contributed by atoms with Crippen LogP contribution in [0.1, 0.15) is 48.9 Å². The van der Waals surface area contributed by atoms with Crippen LogP contribution in [0.4, 0.5) is 0 Å². The van der Waals surface area contributed by atoms with E-state index >= 15 is 0 Å². The van der Waals surface area contributed by atoms with E-state index in [9.17, 15) is 0 Å². The number of rotatable bonds is 9. The second kappa shape index (κ2) is 13.4. The van der Waals surface area contributed by atoms with Gasteiger partial charge in [0.1, 0.15) is 0 Å². The van der Waals surface area contributed by atoms with Gasteiger partial charge >= 0.3 is 0 Å². The summed E-state index contributed by atoms with van der Waals surface area (Å²) in [6, 6.07) is 43.0. The Morgan fingerprint density at radius 1 is 0.568 bits per heavy atom. The van der Waals surface area contributed by atoms with Crippen molar-refractivity contribution >= 4 is 33.9 Å². The molecular weight excluding hydrogens is 468 g/mol. The predicted octanol–water partition coefficient (Wildman–Crippen LogP) is 10.7. The molecule has 0 N–H and O–H groups in total. The van der Waals surface area contributed by atoms with Crippen molar-refractivity contribution in [3.8, 4) is 0 Å². The van der Waals surface area contributed by atoms with Crippen LogP contribution in [0.15, 0.2) is 145 Å². The van der Waals surface area contributed by atoms with Gasteiger partial charge in [-0.15, -0.1) is 0 Å². The van der Waals surface area contributed by atoms with Gasteiger partial charge in [0, 0.05) is 5.54 Å². The third-order valence-corrected chi connectivity index (χ3v) is 6.76. The Morgan fingerprint density at radius 2 is 0.946 bits per heavy atom. The van der Waals surface area contributed by atoms with Gasteiger partial charge in [-0.3, -0.25) is 0 Å². The third-order valence-electron chi connectivity index (χ3n) is 6.58. The zero-order valence-electron chi connectivity index (χ0n) is 21.6. The van der Waals surface area contributed by atoms with Gasteiger partial charge in [0.2, 0.25) is 0 Å². The van der Waals surface area contributed by atoms with E-state index in [1.165, 1.54) is 50.1 Å². The maximum atomic E-state index is 6.10. The van der Waals surface area contributed by atoms with E-state index < -0.39 is 0 Å². The van der Waals surface area contributed by atoms with Gasteiger partial charge in [0.05, 0.1) is 0 Å². The van der Waals surface area contributed by atoms with Crippen LogP contribution in [0.3, 0.4) is 0 Å². The zero-order chi connectivity index (χ0) is 25.9.